The number of piperazine rings is 1. The zero-order valence-corrected chi connectivity index (χ0v) is 22.7. The molecule has 3 fully saturated rings. The van der Waals surface area contributed by atoms with Gasteiger partial charge >= 0.3 is 0 Å². The number of likely N-dealkylation sites (tertiary alicyclic amines) is 1. The number of aromatic nitrogens is 2. The molecule has 1 spiro atoms. The molecular formula is C31H43N5. The van der Waals surface area contributed by atoms with Crippen molar-refractivity contribution in [3.05, 3.63) is 47.8 Å². The number of rotatable bonds is 5. The largest absolute Gasteiger partial charge is 0.369 e. The van der Waals surface area contributed by atoms with Crippen LogP contribution < -0.4 is 4.90 Å². The van der Waals surface area contributed by atoms with E-state index in [-0.39, 0.29) is 0 Å². The fourth-order valence-electron chi connectivity index (χ4n) is 7.20. The molecule has 192 valence electrons. The first-order chi connectivity index (χ1) is 17.4. The molecule has 3 aliphatic rings. The molecule has 1 aliphatic carbocycles. The van der Waals surface area contributed by atoms with Crippen LogP contribution in [0.4, 0.5) is 5.69 Å². The topological polar surface area (TPSA) is 38.4 Å². The third-order valence-electron chi connectivity index (χ3n) is 9.22. The standard InChI is InChI=1S/C31H43N5/c1-22(2)35-13-15-36(16-14-35)27-7-5-25(6-8-27)30-28-18-26(33-29(28)17-24(4)32-30)21-34-11-9-31(10-12-34)19-23(3)20-31/h5-8,17-18,22-23,33H,9-16,19-21H2,1-4H3. The number of hydrogen-bond donors (Lipinski definition) is 1. The predicted octanol–water partition coefficient (Wildman–Crippen LogP) is 6.08. The summed E-state index contributed by atoms with van der Waals surface area (Å²) in [6.07, 6.45) is 5.66. The molecule has 36 heavy (non-hydrogen) atoms. The number of nitrogens with one attached hydrogen (secondary N) is 1. The van der Waals surface area contributed by atoms with Crippen LogP contribution in [-0.2, 0) is 6.54 Å². The highest BCUT2D eigenvalue weighted by molar-refractivity contribution is 5.94. The highest BCUT2D eigenvalue weighted by Gasteiger charge is 2.43. The fraction of sp³-hybridized carbons (Fsp3) is 0.581. The van der Waals surface area contributed by atoms with Crippen LogP contribution >= 0.6 is 0 Å². The number of hydrogen-bond acceptors (Lipinski definition) is 4. The van der Waals surface area contributed by atoms with E-state index in [2.05, 4.69) is 83.8 Å². The third kappa shape index (κ3) is 4.68. The van der Waals surface area contributed by atoms with Gasteiger partial charge in [-0.1, -0.05) is 19.1 Å². The van der Waals surface area contributed by atoms with E-state index >= 15 is 0 Å². The van der Waals surface area contributed by atoms with E-state index in [0.717, 1.165) is 50.0 Å². The Balaban J connectivity index is 1.17. The number of fused-ring (bicyclic) bond motifs is 1. The number of H-pyrrole nitrogens is 1. The maximum absolute atomic E-state index is 4.99. The van der Waals surface area contributed by atoms with Crippen molar-refractivity contribution in [1.29, 1.82) is 0 Å². The van der Waals surface area contributed by atoms with Gasteiger partial charge in [-0.05, 0) is 95.1 Å². The molecule has 0 atom stereocenters. The number of aryl methyl sites for hydroxylation is 1. The number of anilines is 1. The smallest absolute Gasteiger partial charge is 0.0799 e. The summed E-state index contributed by atoms with van der Waals surface area (Å²) in [5.74, 6) is 0.948. The normalized spacial score (nSPS) is 21.5. The maximum Gasteiger partial charge on any atom is 0.0799 e. The van der Waals surface area contributed by atoms with E-state index < -0.39 is 0 Å². The molecule has 5 heteroatoms. The number of piperidine rings is 1. The Bertz CT molecular complexity index is 1190. The van der Waals surface area contributed by atoms with Crippen LogP contribution in [0.25, 0.3) is 22.2 Å². The molecule has 4 heterocycles. The Morgan fingerprint density at radius 3 is 2.31 bits per heavy atom. The lowest BCUT2D eigenvalue weighted by Crippen LogP contribution is -2.48. The summed E-state index contributed by atoms with van der Waals surface area (Å²) in [5, 5.41) is 1.25. The van der Waals surface area contributed by atoms with Crippen molar-refractivity contribution in [3.8, 4) is 11.3 Å². The first-order valence-corrected chi connectivity index (χ1v) is 14.2. The van der Waals surface area contributed by atoms with Gasteiger partial charge in [0, 0.05) is 72.3 Å². The molecule has 2 aliphatic heterocycles. The minimum atomic E-state index is 0.633. The SMILES string of the molecule is Cc1cc2[nH]c(CN3CCC4(CC3)CC(C)C4)cc2c(-c2ccc(N3CCN(C(C)C)CC3)cc2)n1. The van der Waals surface area contributed by atoms with Crippen LogP contribution in [0.5, 0.6) is 0 Å². The molecule has 1 aromatic carbocycles. The van der Waals surface area contributed by atoms with Crippen LogP contribution in [0, 0.1) is 18.3 Å². The number of nitrogens with zero attached hydrogens (tertiary/aromatic N) is 4. The van der Waals surface area contributed by atoms with E-state index in [1.54, 1.807) is 0 Å². The van der Waals surface area contributed by atoms with E-state index in [9.17, 15) is 0 Å². The van der Waals surface area contributed by atoms with Gasteiger partial charge in [0.15, 0.2) is 0 Å². The molecule has 0 radical (unpaired) electrons. The van der Waals surface area contributed by atoms with Gasteiger partial charge in [0.05, 0.1) is 5.69 Å². The van der Waals surface area contributed by atoms with E-state index in [4.69, 9.17) is 4.98 Å². The fourth-order valence-corrected chi connectivity index (χ4v) is 7.20. The van der Waals surface area contributed by atoms with Gasteiger partial charge < -0.3 is 9.88 Å². The van der Waals surface area contributed by atoms with Crippen molar-refractivity contribution >= 4 is 16.6 Å². The Morgan fingerprint density at radius 2 is 1.67 bits per heavy atom. The summed E-state index contributed by atoms with van der Waals surface area (Å²) in [7, 11) is 0. The summed E-state index contributed by atoms with van der Waals surface area (Å²) >= 11 is 0. The van der Waals surface area contributed by atoms with Crippen LogP contribution in [0.1, 0.15) is 57.8 Å². The summed E-state index contributed by atoms with van der Waals surface area (Å²) in [6, 6.07) is 14.3. The highest BCUT2D eigenvalue weighted by Crippen LogP contribution is 2.52. The molecule has 2 aromatic heterocycles. The van der Waals surface area contributed by atoms with Crippen LogP contribution in [0.3, 0.4) is 0 Å². The monoisotopic (exact) mass is 485 g/mol. The average Bonchev–Trinajstić information content (AvgIpc) is 3.26. The van der Waals surface area contributed by atoms with Crippen LogP contribution in [0.15, 0.2) is 36.4 Å². The van der Waals surface area contributed by atoms with Gasteiger partial charge in [-0.2, -0.15) is 0 Å². The third-order valence-corrected chi connectivity index (χ3v) is 9.22. The highest BCUT2D eigenvalue weighted by atomic mass is 15.3. The Morgan fingerprint density at radius 1 is 0.972 bits per heavy atom. The number of benzene rings is 1. The lowest BCUT2D eigenvalue weighted by Gasteiger charge is -2.51. The Kier molecular flexibility index (Phi) is 6.33. The number of pyridine rings is 1. The molecule has 5 nitrogen and oxygen atoms in total. The summed E-state index contributed by atoms with van der Waals surface area (Å²) in [5.41, 5.74) is 7.91. The van der Waals surface area contributed by atoms with Crippen molar-refractivity contribution in [2.45, 2.75) is 66.0 Å². The van der Waals surface area contributed by atoms with E-state index in [0.29, 0.717) is 11.5 Å². The summed E-state index contributed by atoms with van der Waals surface area (Å²) in [6.45, 7) is 17.1. The van der Waals surface area contributed by atoms with Gasteiger partial charge in [0.1, 0.15) is 0 Å². The zero-order valence-electron chi connectivity index (χ0n) is 22.7. The van der Waals surface area contributed by atoms with Gasteiger partial charge in [0.25, 0.3) is 0 Å². The van der Waals surface area contributed by atoms with Gasteiger partial charge in [-0.15, -0.1) is 0 Å². The first-order valence-electron chi connectivity index (χ1n) is 14.2. The minimum absolute atomic E-state index is 0.633. The minimum Gasteiger partial charge on any atom is -0.369 e. The number of aromatic amines is 1. The van der Waals surface area contributed by atoms with Gasteiger partial charge in [-0.25, -0.2) is 0 Å². The summed E-state index contributed by atoms with van der Waals surface area (Å²) in [4.78, 5) is 16.5. The molecule has 0 unspecified atom stereocenters. The van der Waals surface area contributed by atoms with E-state index in [1.165, 1.54) is 66.6 Å². The lowest BCUT2D eigenvalue weighted by molar-refractivity contribution is -0.00818. The van der Waals surface area contributed by atoms with Crippen LogP contribution in [-0.4, -0.2) is 65.1 Å². The molecule has 0 amide bonds. The molecule has 3 aromatic rings. The maximum atomic E-state index is 4.99. The summed E-state index contributed by atoms with van der Waals surface area (Å²) < 4.78 is 0. The quantitative estimate of drug-likeness (QED) is 0.475. The second kappa shape index (κ2) is 9.50. The van der Waals surface area contributed by atoms with Gasteiger partial charge in [-0.3, -0.25) is 14.8 Å². The van der Waals surface area contributed by atoms with Gasteiger partial charge in [0.2, 0.25) is 0 Å². The lowest BCUT2D eigenvalue weighted by atomic mass is 9.58. The molecule has 0 bridgehead atoms. The zero-order chi connectivity index (χ0) is 24.9. The molecule has 6 rings (SSSR count). The Labute approximate surface area is 216 Å². The Hall–Kier alpha value is -2.37. The first kappa shape index (κ1) is 24.0. The van der Waals surface area contributed by atoms with Crippen molar-refractivity contribution in [1.82, 2.24) is 19.8 Å². The van der Waals surface area contributed by atoms with Crippen molar-refractivity contribution < 1.29 is 0 Å². The molecule has 1 N–H and O–H groups in total. The molecular weight excluding hydrogens is 442 g/mol. The van der Waals surface area contributed by atoms with Crippen molar-refractivity contribution in [2.24, 2.45) is 11.3 Å². The second-order valence-corrected chi connectivity index (χ2v) is 12.3. The van der Waals surface area contributed by atoms with Crippen molar-refractivity contribution in [3.63, 3.8) is 0 Å². The second-order valence-electron chi connectivity index (χ2n) is 12.3. The molecule has 2 saturated heterocycles. The molecule has 1 saturated carbocycles. The van der Waals surface area contributed by atoms with Crippen molar-refractivity contribution in [2.75, 3.05) is 44.2 Å². The van der Waals surface area contributed by atoms with Crippen LogP contribution in [0.2, 0.25) is 0 Å². The predicted molar refractivity (Wildman–Crippen MR) is 151 cm³/mol. The average molecular weight is 486 g/mol. The van der Waals surface area contributed by atoms with E-state index in [1.807, 2.05) is 0 Å².